The van der Waals surface area contributed by atoms with Gasteiger partial charge in [0.25, 0.3) is 0 Å². The molecule has 0 radical (unpaired) electrons. The second-order valence-electron chi connectivity index (χ2n) is 3.82. The first kappa shape index (κ1) is 10.5. The Kier molecular flexibility index (Phi) is 2.49. The number of rotatable bonds is 2. The standard InChI is InChI=1S/C13H10N4O/c18-13-16-12(8-14-17-13)15-11-7-3-5-9-4-1-2-6-10(9)11/h1-8H,(H2,15,16,17,18). The molecule has 0 atom stereocenters. The van der Waals surface area contributed by atoms with Gasteiger partial charge in [-0.2, -0.15) is 10.1 Å². The Labute approximate surface area is 103 Å². The number of nitrogens with zero attached hydrogens (tertiary/aromatic N) is 2. The van der Waals surface area contributed by atoms with Crippen molar-refractivity contribution in [3.8, 4) is 0 Å². The summed E-state index contributed by atoms with van der Waals surface area (Å²) in [5, 5.41) is 11.2. The van der Waals surface area contributed by atoms with Crippen LogP contribution in [0.3, 0.4) is 0 Å². The van der Waals surface area contributed by atoms with Crippen molar-refractivity contribution >= 4 is 22.3 Å². The van der Waals surface area contributed by atoms with Crippen LogP contribution in [0.15, 0.2) is 53.5 Å². The Morgan fingerprint density at radius 3 is 2.78 bits per heavy atom. The van der Waals surface area contributed by atoms with E-state index < -0.39 is 5.69 Å². The van der Waals surface area contributed by atoms with E-state index in [9.17, 15) is 4.79 Å². The average molecular weight is 238 g/mol. The molecule has 0 fully saturated rings. The summed E-state index contributed by atoms with van der Waals surface area (Å²) in [6.07, 6.45) is 1.48. The highest BCUT2D eigenvalue weighted by molar-refractivity contribution is 5.94. The van der Waals surface area contributed by atoms with E-state index in [1.165, 1.54) is 6.20 Å². The van der Waals surface area contributed by atoms with E-state index >= 15 is 0 Å². The third-order valence-corrected chi connectivity index (χ3v) is 2.62. The van der Waals surface area contributed by atoms with Gasteiger partial charge in [0.1, 0.15) is 0 Å². The number of aromatic nitrogens is 3. The van der Waals surface area contributed by atoms with Gasteiger partial charge in [0.15, 0.2) is 5.82 Å². The molecule has 0 spiro atoms. The highest BCUT2D eigenvalue weighted by Gasteiger charge is 2.01. The molecule has 0 aliphatic rings. The molecule has 0 saturated carbocycles. The molecular formula is C13H10N4O. The van der Waals surface area contributed by atoms with Crippen molar-refractivity contribution in [2.45, 2.75) is 0 Å². The van der Waals surface area contributed by atoms with Gasteiger partial charge in [-0.15, -0.1) is 0 Å². The van der Waals surface area contributed by atoms with Crippen molar-refractivity contribution in [1.82, 2.24) is 15.2 Å². The van der Waals surface area contributed by atoms with Crippen LogP contribution in [-0.2, 0) is 0 Å². The van der Waals surface area contributed by atoms with Crippen molar-refractivity contribution in [2.75, 3.05) is 5.32 Å². The first-order valence-electron chi connectivity index (χ1n) is 5.49. The molecule has 0 aliphatic heterocycles. The number of nitrogens with one attached hydrogen (secondary N) is 2. The molecule has 5 nitrogen and oxygen atoms in total. The van der Waals surface area contributed by atoms with E-state index in [-0.39, 0.29) is 0 Å². The van der Waals surface area contributed by atoms with Crippen LogP contribution < -0.4 is 11.0 Å². The number of hydrogen-bond donors (Lipinski definition) is 2. The molecule has 5 heteroatoms. The number of H-pyrrole nitrogens is 1. The summed E-state index contributed by atoms with van der Waals surface area (Å²) in [6, 6.07) is 13.9. The minimum absolute atomic E-state index is 0.426. The van der Waals surface area contributed by atoms with Gasteiger partial charge >= 0.3 is 5.69 Å². The van der Waals surface area contributed by atoms with Crippen LogP contribution in [0.25, 0.3) is 10.8 Å². The molecule has 1 heterocycles. The predicted molar refractivity (Wildman–Crippen MR) is 69.9 cm³/mol. The SMILES string of the molecule is O=c1nc(Nc2cccc3ccccc23)cn[nH]1. The first-order chi connectivity index (χ1) is 8.83. The summed E-state index contributed by atoms with van der Waals surface area (Å²) in [4.78, 5) is 14.9. The fourth-order valence-corrected chi connectivity index (χ4v) is 1.84. The summed E-state index contributed by atoms with van der Waals surface area (Å²) in [7, 11) is 0. The van der Waals surface area contributed by atoms with Gasteiger partial charge < -0.3 is 5.32 Å². The van der Waals surface area contributed by atoms with Crippen molar-refractivity contribution in [3.63, 3.8) is 0 Å². The van der Waals surface area contributed by atoms with Gasteiger partial charge in [-0.3, -0.25) is 0 Å². The summed E-state index contributed by atoms with van der Waals surface area (Å²) in [5.74, 6) is 0.426. The average Bonchev–Trinajstić information content (AvgIpc) is 2.39. The maximum Gasteiger partial charge on any atom is 0.363 e. The molecule has 2 N–H and O–H groups in total. The maximum absolute atomic E-state index is 11.1. The van der Waals surface area contributed by atoms with Crippen LogP contribution in [0.1, 0.15) is 0 Å². The Morgan fingerprint density at radius 2 is 1.89 bits per heavy atom. The Morgan fingerprint density at radius 1 is 1.06 bits per heavy atom. The third-order valence-electron chi connectivity index (χ3n) is 2.62. The summed E-state index contributed by atoms with van der Waals surface area (Å²) in [6.45, 7) is 0. The van der Waals surface area contributed by atoms with Crippen molar-refractivity contribution < 1.29 is 0 Å². The predicted octanol–water partition coefficient (Wildman–Crippen LogP) is 2.06. The second-order valence-corrected chi connectivity index (χ2v) is 3.82. The molecule has 0 unspecified atom stereocenters. The molecule has 2 aromatic carbocycles. The van der Waals surface area contributed by atoms with Crippen LogP contribution in [0.2, 0.25) is 0 Å². The molecule has 0 amide bonds. The van der Waals surface area contributed by atoms with E-state index in [4.69, 9.17) is 0 Å². The van der Waals surface area contributed by atoms with Gasteiger partial charge in [0.2, 0.25) is 0 Å². The Bertz CT molecular complexity index is 746. The van der Waals surface area contributed by atoms with Gasteiger partial charge in [0.05, 0.1) is 6.20 Å². The van der Waals surface area contributed by atoms with E-state index in [1.807, 2.05) is 42.5 Å². The molecule has 1 aromatic heterocycles. The van der Waals surface area contributed by atoms with Crippen LogP contribution in [0.5, 0.6) is 0 Å². The molecule has 18 heavy (non-hydrogen) atoms. The van der Waals surface area contributed by atoms with E-state index in [0.717, 1.165) is 16.5 Å². The molecule has 0 saturated heterocycles. The van der Waals surface area contributed by atoms with Gasteiger partial charge in [0, 0.05) is 11.1 Å². The van der Waals surface area contributed by atoms with Crippen LogP contribution >= 0.6 is 0 Å². The number of anilines is 2. The third kappa shape index (κ3) is 1.93. The van der Waals surface area contributed by atoms with Crippen LogP contribution in [0.4, 0.5) is 11.5 Å². The van der Waals surface area contributed by atoms with Crippen molar-refractivity contribution in [1.29, 1.82) is 0 Å². The molecule has 0 aliphatic carbocycles. The number of aromatic amines is 1. The summed E-state index contributed by atoms with van der Waals surface area (Å²) < 4.78 is 0. The zero-order valence-corrected chi connectivity index (χ0v) is 9.42. The highest BCUT2D eigenvalue weighted by atomic mass is 16.1. The summed E-state index contributed by atoms with van der Waals surface area (Å²) in [5.41, 5.74) is 0.424. The molecule has 3 aromatic rings. The fourth-order valence-electron chi connectivity index (χ4n) is 1.84. The zero-order valence-electron chi connectivity index (χ0n) is 9.42. The van der Waals surface area contributed by atoms with Crippen molar-refractivity contribution in [2.24, 2.45) is 0 Å². The minimum Gasteiger partial charge on any atom is -0.338 e. The quantitative estimate of drug-likeness (QED) is 0.717. The molecular weight excluding hydrogens is 228 g/mol. The van der Waals surface area contributed by atoms with Gasteiger partial charge in [-0.05, 0) is 11.5 Å². The lowest BCUT2D eigenvalue weighted by Crippen LogP contribution is -2.13. The van der Waals surface area contributed by atoms with Crippen molar-refractivity contribution in [3.05, 3.63) is 59.1 Å². The summed E-state index contributed by atoms with van der Waals surface area (Å²) >= 11 is 0. The first-order valence-corrected chi connectivity index (χ1v) is 5.49. The second kappa shape index (κ2) is 4.29. The van der Waals surface area contributed by atoms with Crippen LogP contribution in [0, 0.1) is 0 Å². The van der Waals surface area contributed by atoms with Gasteiger partial charge in [-0.1, -0.05) is 36.4 Å². The molecule has 88 valence electrons. The Hall–Kier alpha value is -2.69. The number of hydrogen-bond acceptors (Lipinski definition) is 4. The topological polar surface area (TPSA) is 70.7 Å². The largest absolute Gasteiger partial charge is 0.363 e. The van der Waals surface area contributed by atoms with E-state index in [1.54, 1.807) is 0 Å². The van der Waals surface area contributed by atoms with Crippen LogP contribution in [-0.4, -0.2) is 15.2 Å². The lowest BCUT2D eigenvalue weighted by molar-refractivity contribution is 0.919. The highest BCUT2D eigenvalue weighted by Crippen LogP contribution is 2.24. The number of fused-ring (bicyclic) bond motifs is 1. The lowest BCUT2D eigenvalue weighted by atomic mass is 10.1. The Balaban J connectivity index is 2.07. The monoisotopic (exact) mass is 238 g/mol. The fraction of sp³-hybridized carbons (Fsp3) is 0. The van der Waals surface area contributed by atoms with Gasteiger partial charge in [-0.25, -0.2) is 9.89 Å². The van der Waals surface area contributed by atoms with E-state index in [2.05, 4.69) is 20.5 Å². The molecule has 3 rings (SSSR count). The smallest absolute Gasteiger partial charge is 0.338 e. The normalized spacial score (nSPS) is 10.4. The molecule has 0 bridgehead atoms. The number of benzene rings is 2. The minimum atomic E-state index is -0.472. The lowest BCUT2D eigenvalue weighted by Gasteiger charge is -2.07. The maximum atomic E-state index is 11.1. The van der Waals surface area contributed by atoms with E-state index in [0.29, 0.717) is 5.82 Å². The zero-order chi connectivity index (χ0) is 12.4.